The van der Waals surface area contributed by atoms with Gasteiger partial charge in [-0.1, -0.05) is 26.0 Å². The number of para-hydroxylation sites is 2. The molecular formula is C21H25BrN2O3S. The normalized spacial score (nSPS) is 10.7. The molecule has 0 spiro atoms. The van der Waals surface area contributed by atoms with Crippen LogP contribution in [-0.4, -0.2) is 23.7 Å². The number of nitrogens with one attached hydrogen (secondary N) is 2. The SMILES string of the molecule is CC(C)COc1ccc(C(=O)NC(=S)Nc2ccccc2OC(C)C)cc1Br. The number of hydrogen-bond donors (Lipinski definition) is 2. The van der Waals surface area contributed by atoms with Gasteiger partial charge >= 0.3 is 0 Å². The maximum atomic E-state index is 12.5. The molecule has 0 radical (unpaired) electrons. The number of hydrogen-bond acceptors (Lipinski definition) is 4. The zero-order valence-electron chi connectivity index (χ0n) is 16.4. The Bertz CT molecular complexity index is 840. The Balaban J connectivity index is 2.01. The summed E-state index contributed by atoms with van der Waals surface area (Å²) in [6, 6.07) is 12.6. The van der Waals surface area contributed by atoms with Gasteiger partial charge < -0.3 is 14.8 Å². The third-order valence-corrected chi connectivity index (χ3v) is 4.32. The highest BCUT2D eigenvalue weighted by atomic mass is 79.9. The third-order valence-electron chi connectivity index (χ3n) is 3.49. The maximum Gasteiger partial charge on any atom is 0.257 e. The van der Waals surface area contributed by atoms with Gasteiger partial charge in [-0.05, 0) is 78.2 Å². The highest BCUT2D eigenvalue weighted by Crippen LogP contribution is 2.27. The molecule has 5 nitrogen and oxygen atoms in total. The fourth-order valence-corrected chi connectivity index (χ4v) is 2.97. The summed E-state index contributed by atoms with van der Waals surface area (Å²) in [7, 11) is 0. The smallest absolute Gasteiger partial charge is 0.257 e. The molecule has 0 saturated carbocycles. The first-order chi connectivity index (χ1) is 13.3. The predicted octanol–water partition coefficient (Wildman–Crippen LogP) is 5.40. The van der Waals surface area contributed by atoms with Gasteiger partial charge in [-0.3, -0.25) is 10.1 Å². The average Bonchev–Trinajstić information content (AvgIpc) is 2.61. The van der Waals surface area contributed by atoms with Gasteiger partial charge in [0.05, 0.1) is 22.9 Å². The largest absolute Gasteiger partial charge is 0.492 e. The monoisotopic (exact) mass is 464 g/mol. The summed E-state index contributed by atoms with van der Waals surface area (Å²) < 4.78 is 12.2. The van der Waals surface area contributed by atoms with E-state index in [1.54, 1.807) is 18.2 Å². The van der Waals surface area contributed by atoms with E-state index in [1.165, 1.54) is 0 Å². The topological polar surface area (TPSA) is 59.6 Å². The van der Waals surface area contributed by atoms with Crippen LogP contribution in [-0.2, 0) is 0 Å². The molecule has 2 N–H and O–H groups in total. The minimum atomic E-state index is -0.309. The molecule has 0 aliphatic rings. The van der Waals surface area contributed by atoms with E-state index in [0.29, 0.717) is 35.3 Å². The van der Waals surface area contributed by atoms with Gasteiger partial charge in [0.15, 0.2) is 5.11 Å². The summed E-state index contributed by atoms with van der Waals surface area (Å²) >= 11 is 8.73. The molecule has 2 aromatic carbocycles. The second-order valence-electron chi connectivity index (χ2n) is 6.92. The van der Waals surface area contributed by atoms with Gasteiger partial charge in [0, 0.05) is 5.56 Å². The van der Waals surface area contributed by atoms with Crippen LogP contribution in [0.1, 0.15) is 38.1 Å². The van der Waals surface area contributed by atoms with E-state index in [1.807, 2.05) is 38.1 Å². The summed E-state index contributed by atoms with van der Waals surface area (Å²) in [5.74, 6) is 1.48. The van der Waals surface area contributed by atoms with Gasteiger partial charge in [0.2, 0.25) is 0 Å². The van der Waals surface area contributed by atoms with Gasteiger partial charge in [0.1, 0.15) is 11.5 Å². The lowest BCUT2D eigenvalue weighted by molar-refractivity contribution is 0.0977. The van der Waals surface area contributed by atoms with Crippen molar-refractivity contribution >= 4 is 44.9 Å². The first-order valence-electron chi connectivity index (χ1n) is 9.06. The van der Waals surface area contributed by atoms with E-state index in [-0.39, 0.29) is 17.1 Å². The Kier molecular flexibility index (Phi) is 8.26. The van der Waals surface area contributed by atoms with E-state index < -0.39 is 0 Å². The van der Waals surface area contributed by atoms with Crippen LogP contribution < -0.4 is 20.1 Å². The molecule has 2 aromatic rings. The van der Waals surface area contributed by atoms with Crippen LogP contribution in [0.2, 0.25) is 0 Å². The summed E-state index contributed by atoms with van der Waals surface area (Å²) in [5.41, 5.74) is 1.17. The predicted molar refractivity (Wildman–Crippen MR) is 120 cm³/mol. The fraction of sp³-hybridized carbons (Fsp3) is 0.333. The quantitative estimate of drug-likeness (QED) is 0.537. The molecule has 0 bridgehead atoms. The van der Waals surface area contributed by atoms with Crippen LogP contribution in [0, 0.1) is 5.92 Å². The molecule has 28 heavy (non-hydrogen) atoms. The summed E-state index contributed by atoms with van der Waals surface area (Å²) in [6.45, 7) is 8.66. The van der Waals surface area contributed by atoms with Crippen LogP contribution in [0.5, 0.6) is 11.5 Å². The highest BCUT2D eigenvalue weighted by molar-refractivity contribution is 9.10. The molecule has 0 aliphatic carbocycles. The summed E-state index contributed by atoms with van der Waals surface area (Å²) in [6.07, 6.45) is 0.0277. The molecule has 1 amide bonds. The maximum absolute atomic E-state index is 12.5. The van der Waals surface area contributed by atoms with Crippen LogP contribution in [0.4, 0.5) is 5.69 Å². The van der Waals surface area contributed by atoms with Crippen LogP contribution in [0.15, 0.2) is 46.9 Å². The zero-order chi connectivity index (χ0) is 20.7. The molecule has 0 fully saturated rings. The Morgan fingerprint density at radius 2 is 1.82 bits per heavy atom. The van der Waals surface area contributed by atoms with Crippen molar-refractivity contribution in [1.82, 2.24) is 5.32 Å². The van der Waals surface area contributed by atoms with Gasteiger partial charge in [-0.2, -0.15) is 0 Å². The average molecular weight is 465 g/mol. The molecule has 0 heterocycles. The number of halogens is 1. The molecular weight excluding hydrogens is 440 g/mol. The number of thiocarbonyl (C=S) groups is 1. The number of amides is 1. The Morgan fingerprint density at radius 3 is 2.46 bits per heavy atom. The molecule has 0 atom stereocenters. The van der Waals surface area contributed by atoms with Crippen LogP contribution >= 0.6 is 28.1 Å². The lowest BCUT2D eigenvalue weighted by Gasteiger charge is -2.16. The highest BCUT2D eigenvalue weighted by Gasteiger charge is 2.13. The number of benzene rings is 2. The standard InChI is InChI=1S/C21H25BrN2O3S/c1-13(2)12-26-18-10-9-15(11-16(18)22)20(25)24-21(28)23-17-7-5-6-8-19(17)27-14(3)4/h5-11,13-14H,12H2,1-4H3,(H2,23,24,25,28). The van der Waals surface area contributed by atoms with E-state index in [4.69, 9.17) is 21.7 Å². The molecule has 2 rings (SSSR count). The van der Waals surface area contributed by atoms with Gasteiger partial charge in [0.25, 0.3) is 5.91 Å². The minimum absolute atomic E-state index is 0.0277. The Hall–Kier alpha value is -2.12. The minimum Gasteiger partial charge on any atom is -0.492 e. The molecule has 0 saturated heterocycles. The summed E-state index contributed by atoms with van der Waals surface area (Å²) in [5, 5.41) is 5.90. The Labute approximate surface area is 179 Å². The van der Waals surface area contributed by atoms with Crippen molar-refractivity contribution in [1.29, 1.82) is 0 Å². The van der Waals surface area contributed by atoms with Crippen molar-refractivity contribution in [3.63, 3.8) is 0 Å². The van der Waals surface area contributed by atoms with Crippen molar-refractivity contribution in [2.75, 3.05) is 11.9 Å². The number of rotatable bonds is 7. The molecule has 0 aromatic heterocycles. The van der Waals surface area contributed by atoms with Crippen molar-refractivity contribution in [2.24, 2.45) is 5.92 Å². The fourth-order valence-electron chi connectivity index (χ4n) is 2.27. The van der Waals surface area contributed by atoms with Gasteiger partial charge in [-0.15, -0.1) is 0 Å². The van der Waals surface area contributed by atoms with Crippen LogP contribution in [0.3, 0.4) is 0 Å². The molecule has 0 aliphatic heterocycles. The van der Waals surface area contributed by atoms with Crippen LogP contribution in [0.25, 0.3) is 0 Å². The molecule has 7 heteroatoms. The number of anilines is 1. The van der Waals surface area contributed by atoms with Crippen molar-refractivity contribution in [3.8, 4) is 11.5 Å². The lowest BCUT2D eigenvalue weighted by atomic mass is 10.2. The molecule has 0 unspecified atom stereocenters. The van der Waals surface area contributed by atoms with Crippen molar-refractivity contribution in [2.45, 2.75) is 33.8 Å². The second kappa shape index (κ2) is 10.4. The second-order valence-corrected chi connectivity index (χ2v) is 8.18. The first kappa shape index (κ1) is 22.2. The van der Waals surface area contributed by atoms with Crippen molar-refractivity contribution in [3.05, 3.63) is 52.5 Å². The first-order valence-corrected chi connectivity index (χ1v) is 10.3. The lowest BCUT2D eigenvalue weighted by Crippen LogP contribution is -2.34. The van der Waals surface area contributed by atoms with Crippen molar-refractivity contribution < 1.29 is 14.3 Å². The number of ether oxygens (including phenoxy) is 2. The van der Waals surface area contributed by atoms with E-state index in [9.17, 15) is 4.79 Å². The molecule has 150 valence electrons. The third kappa shape index (κ3) is 6.80. The van der Waals surface area contributed by atoms with E-state index >= 15 is 0 Å². The zero-order valence-corrected chi connectivity index (χ0v) is 18.8. The Morgan fingerprint density at radius 1 is 1.11 bits per heavy atom. The van der Waals surface area contributed by atoms with Gasteiger partial charge in [-0.25, -0.2) is 0 Å². The van der Waals surface area contributed by atoms with E-state index in [2.05, 4.69) is 40.4 Å². The number of carbonyl (C=O) groups is 1. The van der Waals surface area contributed by atoms with E-state index in [0.717, 1.165) is 4.47 Å². The summed E-state index contributed by atoms with van der Waals surface area (Å²) in [4.78, 5) is 12.5. The number of carbonyl (C=O) groups excluding carboxylic acids is 1.